The summed E-state index contributed by atoms with van der Waals surface area (Å²) in [5.74, 6) is 4.97. The van der Waals surface area contributed by atoms with Crippen LogP contribution in [0.4, 0.5) is 0 Å². The van der Waals surface area contributed by atoms with E-state index in [1.54, 1.807) is 0 Å². The standard InChI is InChI=1S/C9H9ClN2O/c10-7-2-1-6-3-8(5-13-11)12-9(6)4-7/h1-4,12H,5,11H2. The zero-order valence-electron chi connectivity index (χ0n) is 6.88. The minimum Gasteiger partial charge on any atom is -0.356 e. The highest BCUT2D eigenvalue weighted by molar-refractivity contribution is 6.31. The molecule has 4 heteroatoms. The molecule has 0 unspecified atom stereocenters. The van der Waals surface area contributed by atoms with Crippen LogP contribution in [0, 0.1) is 0 Å². The number of benzene rings is 1. The third-order valence-corrected chi connectivity index (χ3v) is 2.11. The van der Waals surface area contributed by atoms with Gasteiger partial charge < -0.3 is 4.98 Å². The molecule has 2 rings (SSSR count). The summed E-state index contributed by atoms with van der Waals surface area (Å²) in [4.78, 5) is 7.67. The van der Waals surface area contributed by atoms with Crippen LogP contribution in [0.3, 0.4) is 0 Å². The summed E-state index contributed by atoms with van der Waals surface area (Å²) < 4.78 is 0. The van der Waals surface area contributed by atoms with Crippen LogP contribution >= 0.6 is 11.6 Å². The molecule has 1 heterocycles. The van der Waals surface area contributed by atoms with Crippen molar-refractivity contribution in [1.29, 1.82) is 0 Å². The average Bonchev–Trinajstić information content (AvgIpc) is 2.46. The molecular weight excluding hydrogens is 188 g/mol. The third kappa shape index (κ3) is 1.67. The van der Waals surface area contributed by atoms with Crippen molar-refractivity contribution in [2.45, 2.75) is 6.61 Å². The van der Waals surface area contributed by atoms with E-state index in [0.29, 0.717) is 6.61 Å². The molecule has 13 heavy (non-hydrogen) atoms. The van der Waals surface area contributed by atoms with Crippen molar-refractivity contribution in [1.82, 2.24) is 4.98 Å². The van der Waals surface area contributed by atoms with Crippen LogP contribution in [0.25, 0.3) is 10.9 Å². The lowest BCUT2D eigenvalue weighted by atomic mass is 10.2. The number of halogens is 1. The van der Waals surface area contributed by atoms with Crippen LogP contribution in [0.15, 0.2) is 24.3 Å². The first kappa shape index (κ1) is 8.56. The van der Waals surface area contributed by atoms with E-state index >= 15 is 0 Å². The maximum absolute atomic E-state index is 5.83. The third-order valence-electron chi connectivity index (χ3n) is 1.88. The van der Waals surface area contributed by atoms with E-state index < -0.39 is 0 Å². The molecule has 2 aromatic rings. The molecule has 3 N–H and O–H groups in total. The van der Waals surface area contributed by atoms with Gasteiger partial charge in [-0.25, -0.2) is 5.90 Å². The number of aromatic amines is 1. The van der Waals surface area contributed by atoms with Gasteiger partial charge in [-0.2, -0.15) is 0 Å². The summed E-state index contributed by atoms with van der Waals surface area (Å²) >= 11 is 5.83. The maximum Gasteiger partial charge on any atom is 0.108 e. The van der Waals surface area contributed by atoms with Gasteiger partial charge in [0.25, 0.3) is 0 Å². The molecule has 0 aliphatic heterocycles. The van der Waals surface area contributed by atoms with Gasteiger partial charge in [0.1, 0.15) is 6.61 Å². The van der Waals surface area contributed by atoms with Crippen molar-refractivity contribution in [2.24, 2.45) is 5.90 Å². The Bertz CT molecular complexity index is 424. The van der Waals surface area contributed by atoms with Crippen LogP contribution in [0.2, 0.25) is 5.02 Å². The van der Waals surface area contributed by atoms with E-state index in [9.17, 15) is 0 Å². The lowest BCUT2D eigenvalue weighted by molar-refractivity contribution is 0.122. The van der Waals surface area contributed by atoms with Gasteiger partial charge in [-0.3, -0.25) is 4.84 Å². The lowest BCUT2D eigenvalue weighted by Crippen LogP contribution is -1.98. The highest BCUT2D eigenvalue weighted by atomic mass is 35.5. The molecule has 0 atom stereocenters. The van der Waals surface area contributed by atoms with Gasteiger partial charge in [-0.05, 0) is 23.6 Å². The minimum absolute atomic E-state index is 0.381. The molecule has 1 aromatic heterocycles. The Kier molecular flexibility index (Phi) is 2.22. The molecule has 68 valence electrons. The second-order valence-electron chi connectivity index (χ2n) is 2.84. The molecule has 0 amide bonds. The fourth-order valence-corrected chi connectivity index (χ4v) is 1.50. The monoisotopic (exact) mass is 196 g/mol. The van der Waals surface area contributed by atoms with Gasteiger partial charge in [-0.1, -0.05) is 17.7 Å². The fourth-order valence-electron chi connectivity index (χ4n) is 1.33. The fraction of sp³-hybridized carbons (Fsp3) is 0.111. The first-order valence-corrected chi connectivity index (χ1v) is 4.26. The molecule has 0 fully saturated rings. The largest absolute Gasteiger partial charge is 0.356 e. The molecule has 1 aromatic carbocycles. The first-order valence-electron chi connectivity index (χ1n) is 3.88. The van der Waals surface area contributed by atoms with E-state index in [2.05, 4.69) is 9.82 Å². The number of fused-ring (bicyclic) bond motifs is 1. The van der Waals surface area contributed by atoms with Crippen molar-refractivity contribution in [3.63, 3.8) is 0 Å². The Labute approximate surface area is 80.4 Å². The van der Waals surface area contributed by atoms with Crippen molar-refractivity contribution in [2.75, 3.05) is 0 Å². The molecule has 0 saturated heterocycles. The van der Waals surface area contributed by atoms with Gasteiger partial charge in [0, 0.05) is 16.2 Å². The van der Waals surface area contributed by atoms with Crippen LogP contribution in [0.1, 0.15) is 5.69 Å². The van der Waals surface area contributed by atoms with E-state index in [1.807, 2.05) is 24.3 Å². The molecule has 0 aliphatic rings. The quantitative estimate of drug-likeness (QED) is 0.724. The van der Waals surface area contributed by atoms with Crippen molar-refractivity contribution in [3.05, 3.63) is 35.0 Å². The number of H-pyrrole nitrogens is 1. The van der Waals surface area contributed by atoms with Gasteiger partial charge in [-0.15, -0.1) is 0 Å². The number of aromatic nitrogens is 1. The molecule has 0 saturated carbocycles. The zero-order valence-corrected chi connectivity index (χ0v) is 7.64. The summed E-state index contributed by atoms with van der Waals surface area (Å²) in [5, 5.41) is 1.83. The normalized spacial score (nSPS) is 10.9. The Morgan fingerprint density at radius 2 is 2.23 bits per heavy atom. The summed E-state index contributed by atoms with van der Waals surface area (Å²) in [7, 11) is 0. The number of hydrogen-bond donors (Lipinski definition) is 2. The molecule has 0 bridgehead atoms. The van der Waals surface area contributed by atoms with E-state index in [0.717, 1.165) is 21.6 Å². The Morgan fingerprint density at radius 1 is 1.38 bits per heavy atom. The predicted octanol–water partition coefficient (Wildman–Crippen LogP) is 2.21. The second-order valence-corrected chi connectivity index (χ2v) is 3.27. The summed E-state index contributed by atoms with van der Waals surface area (Å²) in [5.41, 5.74) is 1.94. The van der Waals surface area contributed by atoms with Crippen molar-refractivity contribution < 1.29 is 4.84 Å². The predicted molar refractivity (Wildman–Crippen MR) is 52.3 cm³/mol. The molecule has 0 radical (unpaired) electrons. The van der Waals surface area contributed by atoms with Crippen LogP contribution in [0.5, 0.6) is 0 Å². The van der Waals surface area contributed by atoms with Gasteiger partial charge in [0.2, 0.25) is 0 Å². The SMILES string of the molecule is NOCc1cc2ccc(Cl)cc2[nH]1. The maximum atomic E-state index is 5.83. The zero-order chi connectivity index (χ0) is 9.26. The Hall–Kier alpha value is -1.03. The second kappa shape index (κ2) is 3.38. The van der Waals surface area contributed by atoms with E-state index in [1.165, 1.54) is 0 Å². The van der Waals surface area contributed by atoms with E-state index in [4.69, 9.17) is 17.5 Å². The molecule has 0 spiro atoms. The molecule has 3 nitrogen and oxygen atoms in total. The molecular formula is C9H9ClN2O. The number of nitrogens with two attached hydrogens (primary N) is 1. The summed E-state index contributed by atoms with van der Waals surface area (Å²) in [6, 6.07) is 7.66. The van der Waals surface area contributed by atoms with Gasteiger partial charge in [0.05, 0.1) is 0 Å². The van der Waals surface area contributed by atoms with Crippen LogP contribution in [-0.4, -0.2) is 4.98 Å². The highest BCUT2D eigenvalue weighted by Gasteiger charge is 2.00. The van der Waals surface area contributed by atoms with Crippen LogP contribution in [-0.2, 0) is 11.4 Å². The summed E-state index contributed by atoms with van der Waals surface area (Å²) in [6.45, 7) is 0.381. The Balaban J connectivity index is 2.49. The first-order chi connectivity index (χ1) is 6.29. The molecule has 0 aliphatic carbocycles. The van der Waals surface area contributed by atoms with Crippen molar-refractivity contribution in [3.8, 4) is 0 Å². The number of hydrogen-bond acceptors (Lipinski definition) is 2. The lowest BCUT2D eigenvalue weighted by Gasteiger charge is -1.91. The van der Waals surface area contributed by atoms with Crippen molar-refractivity contribution >= 4 is 22.5 Å². The smallest absolute Gasteiger partial charge is 0.108 e. The minimum atomic E-state index is 0.381. The highest BCUT2D eigenvalue weighted by Crippen LogP contribution is 2.19. The average molecular weight is 197 g/mol. The van der Waals surface area contributed by atoms with Crippen LogP contribution < -0.4 is 5.90 Å². The van der Waals surface area contributed by atoms with E-state index in [-0.39, 0.29) is 0 Å². The van der Waals surface area contributed by atoms with Gasteiger partial charge in [0.15, 0.2) is 0 Å². The Morgan fingerprint density at radius 3 is 3.00 bits per heavy atom. The topological polar surface area (TPSA) is 51.0 Å². The number of nitrogens with one attached hydrogen (secondary N) is 1. The number of rotatable bonds is 2. The summed E-state index contributed by atoms with van der Waals surface area (Å²) in [6.07, 6.45) is 0. The van der Waals surface area contributed by atoms with Gasteiger partial charge >= 0.3 is 0 Å².